The van der Waals surface area contributed by atoms with Crippen LogP contribution in [0, 0.1) is 5.92 Å². The molecule has 0 heterocycles. The molecule has 102 valence electrons. The van der Waals surface area contributed by atoms with Crippen molar-refractivity contribution >= 4 is 23.1 Å². The fraction of sp³-hybridized carbons (Fsp3) is 0.467. The lowest BCUT2D eigenvalue weighted by Crippen LogP contribution is -2.41. The van der Waals surface area contributed by atoms with Gasteiger partial charge in [0.25, 0.3) is 0 Å². The van der Waals surface area contributed by atoms with Gasteiger partial charge >= 0.3 is 0 Å². The van der Waals surface area contributed by atoms with Crippen LogP contribution in [0.5, 0.6) is 0 Å². The Bertz CT molecular complexity index is 476. The second-order valence-electron chi connectivity index (χ2n) is 5.34. The topological polar surface area (TPSA) is 46.3 Å². The molecule has 2 rings (SSSR count). The minimum absolute atomic E-state index is 0.0636. The number of carbonyl (C=O) groups excluding carboxylic acids is 1. The maximum Gasteiger partial charge on any atom is 0.226 e. The van der Waals surface area contributed by atoms with Crippen LogP contribution < -0.4 is 5.73 Å². The molecule has 0 aromatic heterocycles. The van der Waals surface area contributed by atoms with Crippen molar-refractivity contribution in [2.24, 2.45) is 11.7 Å². The summed E-state index contributed by atoms with van der Waals surface area (Å²) in [6, 6.07) is 8.35. The molecule has 3 nitrogen and oxygen atoms in total. The number of rotatable bonds is 4. The van der Waals surface area contributed by atoms with Gasteiger partial charge in [0.2, 0.25) is 5.91 Å². The molecule has 1 aromatic carbocycles. The minimum Gasteiger partial charge on any atom is -0.393 e. The van der Waals surface area contributed by atoms with Gasteiger partial charge in [-0.05, 0) is 30.9 Å². The van der Waals surface area contributed by atoms with Crippen LogP contribution in [0.25, 0.3) is 0 Å². The van der Waals surface area contributed by atoms with Crippen LogP contribution in [-0.2, 0) is 17.6 Å². The van der Waals surface area contributed by atoms with E-state index >= 15 is 0 Å². The van der Waals surface area contributed by atoms with Crippen molar-refractivity contribution in [2.45, 2.75) is 32.2 Å². The molecule has 0 saturated heterocycles. The van der Waals surface area contributed by atoms with Crippen LogP contribution >= 0.6 is 12.2 Å². The average Bonchev–Trinajstić information content (AvgIpc) is 2.79. The number of amides is 1. The van der Waals surface area contributed by atoms with E-state index in [9.17, 15) is 4.79 Å². The second-order valence-corrected chi connectivity index (χ2v) is 5.87. The molecule has 1 unspecified atom stereocenters. The van der Waals surface area contributed by atoms with Crippen molar-refractivity contribution in [1.29, 1.82) is 0 Å². The van der Waals surface area contributed by atoms with Crippen LogP contribution in [0.4, 0.5) is 0 Å². The van der Waals surface area contributed by atoms with Gasteiger partial charge < -0.3 is 10.6 Å². The van der Waals surface area contributed by atoms with E-state index in [1.54, 1.807) is 4.90 Å². The Morgan fingerprint density at radius 3 is 2.42 bits per heavy atom. The van der Waals surface area contributed by atoms with Gasteiger partial charge in [-0.2, -0.15) is 0 Å². The van der Waals surface area contributed by atoms with Crippen LogP contribution in [-0.4, -0.2) is 28.9 Å². The molecule has 2 N–H and O–H groups in total. The molecule has 0 fully saturated rings. The molecule has 1 aliphatic carbocycles. The molecular formula is C15H20N2OS. The number of nitrogens with zero attached hydrogens (tertiary/aromatic N) is 1. The van der Waals surface area contributed by atoms with Gasteiger partial charge in [0, 0.05) is 25.4 Å². The van der Waals surface area contributed by atoms with Gasteiger partial charge in [-0.25, -0.2) is 0 Å². The summed E-state index contributed by atoms with van der Waals surface area (Å²) in [4.78, 5) is 14.7. The summed E-state index contributed by atoms with van der Waals surface area (Å²) in [5, 5.41) is 0. The van der Waals surface area contributed by atoms with Crippen molar-refractivity contribution in [3.63, 3.8) is 0 Å². The largest absolute Gasteiger partial charge is 0.393 e. The number of fused-ring (bicyclic) bond motifs is 1. The van der Waals surface area contributed by atoms with E-state index in [4.69, 9.17) is 18.0 Å². The Kier molecular flexibility index (Phi) is 4.20. The summed E-state index contributed by atoms with van der Waals surface area (Å²) in [5.41, 5.74) is 8.15. The third kappa shape index (κ3) is 3.13. The Hall–Kier alpha value is -1.42. The Labute approximate surface area is 119 Å². The molecule has 19 heavy (non-hydrogen) atoms. The fourth-order valence-corrected chi connectivity index (χ4v) is 2.91. The molecule has 1 aromatic rings. The smallest absolute Gasteiger partial charge is 0.226 e. The highest BCUT2D eigenvalue weighted by molar-refractivity contribution is 7.80. The van der Waals surface area contributed by atoms with Crippen molar-refractivity contribution in [3.8, 4) is 0 Å². The molecule has 0 aliphatic heterocycles. The van der Waals surface area contributed by atoms with E-state index in [0.29, 0.717) is 11.4 Å². The van der Waals surface area contributed by atoms with Gasteiger partial charge in [0.15, 0.2) is 0 Å². The number of nitrogens with two attached hydrogens (primary N) is 1. The maximum absolute atomic E-state index is 12.5. The lowest BCUT2D eigenvalue weighted by Gasteiger charge is -2.27. The molecule has 0 saturated carbocycles. The highest BCUT2D eigenvalue weighted by atomic mass is 32.1. The summed E-state index contributed by atoms with van der Waals surface area (Å²) in [5.74, 6) is 0.260. The third-order valence-electron chi connectivity index (χ3n) is 3.91. The monoisotopic (exact) mass is 276 g/mol. The highest BCUT2D eigenvalue weighted by Gasteiger charge is 2.30. The maximum atomic E-state index is 12.5. The minimum atomic E-state index is 0.0636. The van der Waals surface area contributed by atoms with Gasteiger partial charge in [0.05, 0.1) is 4.99 Å². The summed E-state index contributed by atoms with van der Waals surface area (Å²) < 4.78 is 0. The summed E-state index contributed by atoms with van der Waals surface area (Å²) in [6.07, 6.45) is 2.27. The van der Waals surface area contributed by atoms with E-state index in [1.165, 1.54) is 11.1 Å². The summed E-state index contributed by atoms with van der Waals surface area (Å²) in [7, 11) is 1.84. The normalized spacial score (nSPS) is 15.9. The van der Waals surface area contributed by atoms with E-state index in [1.807, 2.05) is 26.1 Å². The van der Waals surface area contributed by atoms with E-state index < -0.39 is 0 Å². The van der Waals surface area contributed by atoms with E-state index in [0.717, 1.165) is 12.8 Å². The number of thiocarbonyl (C=S) groups is 1. The van der Waals surface area contributed by atoms with Gasteiger partial charge in [-0.1, -0.05) is 36.5 Å². The van der Waals surface area contributed by atoms with E-state index in [2.05, 4.69) is 12.1 Å². The molecule has 0 spiro atoms. The standard InChI is InChI=1S/C15H20N2OS/c1-10(7-14(16)19)17(2)15(18)13-8-11-5-3-4-6-12(11)9-13/h3-6,10,13H,7-9H2,1-2H3,(H2,16,19). The molecule has 1 amide bonds. The van der Waals surface area contributed by atoms with Crippen molar-refractivity contribution < 1.29 is 4.79 Å². The molecule has 4 heteroatoms. The SMILES string of the molecule is CC(CC(N)=S)N(C)C(=O)C1Cc2ccccc2C1. The Balaban J connectivity index is 2.01. The van der Waals surface area contributed by atoms with Gasteiger partial charge in [-0.3, -0.25) is 4.79 Å². The highest BCUT2D eigenvalue weighted by Crippen LogP contribution is 2.28. The first-order valence-corrected chi connectivity index (χ1v) is 7.01. The molecular weight excluding hydrogens is 256 g/mol. The van der Waals surface area contributed by atoms with Crippen LogP contribution in [0.3, 0.4) is 0 Å². The molecule has 0 radical (unpaired) electrons. The Morgan fingerprint density at radius 1 is 1.42 bits per heavy atom. The number of hydrogen-bond acceptors (Lipinski definition) is 2. The second kappa shape index (κ2) is 5.70. The van der Waals surface area contributed by atoms with Crippen LogP contribution in [0.1, 0.15) is 24.5 Å². The molecule has 0 bridgehead atoms. The fourth-order valence-electron chi connectivity index (χ4n) is 2.67. The summed E-state index contributed by atoms with van der Waals surface area (Å²) in [6.45, 7) is 1.99. The molecule has 1 atom stereocenters. The third-order valence-corrected chi connectivity index (χ3v) is 4.07. The summed E-state index contributed by atoms with van der Waals surface area (Å²) >= 11 is 4.91. The first-order valence-electron chi connectivity index (χ1n) is 6.60. The van der Waals surface area contributed by atoms with Crippen molar-refractivity contribution in [3.05, 3.63) is 35.4 Å². The van der Waals surface area contributed by atoms with Crippen LogP contribution in [0.2, 0.25) is 0 Å². The lowest BCUT2D eigenvalue weighted by atomic mass is 10.0. The van der Waals surface area contributed by atoms with Crippen LogP contribution in [0.15, 0.2) is 24.3 Å². The predicted octanol–water partition coefficient (Wildman–Crippen LogP) is 1.92. The number of hydrogen-bond donors (Lipinski definition) is 1. The Morgan fingerprint density at radius 2 is 1.95 bits per heavy atom. The van der Waals surface area contributed by atoms with Gasteiger partial charge in [0.1, 0.15) is 0 Å². The first kappa shape index (κ1) is 14.0. The van der Waals surface area contributed by atoms with Crippen molar-refractivity contribution in [1.82, 2.24) is 4.90 Å². The zero-order chi connectivity index (χ0) is 14.0. The van der Waals surface area contributed by atoms with Crippen molar-refractivity contribution in [2.75, 3.05) is 7.05 Å². The molecule has 1 aliphatic rings. The predicted molar refractivity (Wildman–Crippen MR) is 81.0 cm³/mol. The first-order chi connectivity index (χ1) is 8.99. The lowest BCUT2D eigenvalue weighted by molar-refractivity contribution is -0.135. The van der Waals surface area contributed by atoms with E-state index in [-0.39, 0.29) is 17.9 Å². The zero-order valence-electron chi connectivity index (χ0n) is 11.4. The van der Waals surface area contributed by atoms with Gasteiger partial charge in [-0.15, -0.1) is 0 Å². The average molecular weight is 276 g/mol. The number of carbonyl (C=O) groups is 1. The number of benzene rings is 1. The zero-order valence-corrected chi connectivity index (χ0v) is 12.2. The quantitative estimate of drug-likeness (QED) is 0.855.